The smallest absolute Gasteiger partial charge is 0.873 e. The topological polar surface area (TPSA) is 70.8 Å². The molecule has 0 aliphatic rings. The van der Waals surface area contributed by atoms with Crippen molar-refractivity contribution in [2.24, 2.45) is 9.98 Å². The van der Waals surface area contributed by atoms with Crippen LogP contribution < -0.4 is 10.2 Å². The molecule has 0 aromatic heterocycles. The molecule has 0 heterocycles. The van der Waals surface area contributed by atoms with Crippen LogP contribution in [0.4, 0.5) is 11.4 Å². The Labute approximate surface area is 239 Å². The van der Waals surface area contributed by atoms with Crippen molar-refractivity contribution in [3.05, 3.63) is 84.4 Å². The first kappa shape index (κ1) is 33.1. The SMILES string of the molecule is CCCCCCC(=Nc1ccccc1)C(CCCC)=Nc1ccccc1.CCCc1ccc([O-])c([O-])c1.[Ni+2]. The molecule has 0 aliphatic carbocycles. The molecule has 3 aromatic rings. The molecular formula is C33H42N2NiO2. The fraction of sp³-hybridized carbons (Fsp3) is 0.394. The summed E-state index contributed by atoms with van der Waals surface area (Å²) in [5.74, 6) is -0.805. The van der Waals surface area contributed by atoms with Gasteiger partial charge in [-0.15, -0.1) is 11.5 Å². The van der Waals surface area contributed by atoms with Crippen molar-refractivity contribution in [3.8, 4) is 11.5 Å². The average molecular weight is 557 g/mol. The zero-order valence-electron chi connectivity index (χ0n) is 23.1. The summed E-state index contributed by atoms with van der Waals surface area (Å²) < 4.78 is 0. The minimum absolute atomic E-state index is 0. The summed E-state index contributed by atoms with van der Waals surface area (Å²) in [5, 5.41) is 21.5. The molecule has 0 aliphatic heterocycles. The molecule has 0 saturated carbocycles. The zero-order chi connectivity index (χ0) is 26.7. The van der Waals surface area contributed by atoms with Crippen molar-refractivity contribution in [1.82, 2.24) is 0 Å². The monoisotopic (exact) mass is 556 g/mol. The number of unbranched alkanes of at least 4 members (excludes halogenated alkanes) is 4. The van der Waals surface area contributed by atoms with Gasteiger partial charge in [0.1, 0.15) is 0 Å². The van der Waals surface area contributed by atoms with Gasteiger partial charge in [-0.25, -0.2) is 0 Å². The molecule has 3 aromatic carbocycles. The number of hydrogen-bond donors (Lipinski definition) is 0. The summed E-state index contributed by atoms with van der Waals surface area (Å²) in [6.45, 7) is 6.52. The second kappa shape index (κ2) is 20.1. The van der Waals surface area contributed by atoms with Crippen LogP contribution in [0.3, 0.4) is 0 Å². The van der Waals surface area contributed by atoms with E-state index in [1.807, 2.05) is 43.3 Å². The Balaban J connectivity index is 0.000000505. The molecular weight excluding hydrogens is 515 g/mol. The molecule has 0 N–H and O–H groups in total. The first-order valence-corrected chi connectivity index (χ1v) is 13.8. The largest absolute Gasteiger partial charge is 2.00 e. The summed E-state index contributed by atoms with van der Waals surface area (Å²) in [6.07, 6.45) is 11.2. The van der Waals surface area contributed by atoms with E-state index in [1.54, 1.807) is 6.07 Å². The normalized spacial score (nSPS) is 11.3. The number of aliphatic imine (C=N–C) groups is 2. The van der Waals surface area contributed by atoms with Gasteiger partial charge in [0, 0.05) is 0 Å². The second-order valence-electron chi connectivity index (χ2n) is 9.23. The van der Waals surface area contributed by atoms with Gasteiger partial charge in [0.15, 0.2) is 0 Å². The van der Waals surface area contributed by atoms with E-state index in [1.165, 1.54) is 44.2 Å². The molecule has 0 amide bonds. The van der Waals surface area contributed by atoms with Gasteiger partial charge in [-0.05, 0) is 61.9 Å². The van der Waals surface area contributed by atoms with Crippen LogP contribution in [0.15, 0.2) is 88.8 Å². The first-order chi connectivity index (χ1) is 18.1. The quantitative estimate of drug-likeness (QED) is 0.120. The fourth-order valence-electron chi connectivity index (χ4n) is 3.91. The molecule has 0 unspecified atom stereocenters. The zero-order valence-corrected chi connectivity index (χ0v) is 24.1. The molecule has 0 bridgehead atoms. The molecule has 0 atom stereocenters. The summed E-state index contributed by atoms with van der Waals surface area (Å²) in [4.78, 5) is 9.97. The Morgan fingerprint density at radius 1 is 0.579 bits per heavy atom. The van der Waals surface area contributed by atoms with Crippen LogP contribution in [0, 0.1) is 0 Å². The van der Waals surface area contributed by atoms with Crippen molar-refractivity contribution in [3.63, 3.8) is 0 Å². The number of para-hydroxylation sites is 2. The number of aryl methyl sites for hydroxylation is 1. The Kier molecular flexibility index (Phi) is 17.5. The van der Waals surface area contributed by atoms with E-state index in [0.29, 0.717) is 0 Å². The fourth-order valence-corrected chi connectivity index (χ4v) is 3.91. The minimum Gasteiger partial charge on any atom is -0.873 e. The molecule has 5 heteroatoms. The van der Waals surface area contributed by atoms with Crippen LogP contribution in [0.2, 0.25) is 0 Å². The first-order valence-electron chi connectivity index (χ1n) is 13.8. The molecule has 206 valence electrons. The number of rotatable bonds is 13. The molecule has 4 nitrogen and oxygen atoms in total. The maximum absolute atomic E-state index is 10.8. The third kappa shape index (κ3) is 13.1. The summed E-state index contributed by atoms with van der Waals surface area (Å²) in [5.41, 5.74) is 5.31. The van der Waals surface area contributed by atoms with Gasteiger partial charge in [0.25, 0.3) is 0 Å². The van der Waals surface area contributed by atoms with Gasteiger partial charge in [-0.3, -0.25) is 9.98 Å². The van der Waals surface area contributed by atoms with Gasteiger partial charge in [0.2, 0.25) is 0 Å². The number of hydrogen-bond acceptors (Lipinski definition) is 4. The molecule has 0 spiro atoms. The van der Waals surface area contributed by atoms with Crippen molar-refractivity contribution in [2.45, 2.75) is 85.0 Å². The van der Waals surface area contributed by atoms with Crippen LogP contribution in [0.5, 0.6) is 11.5 Å². The third-order valence-electron chi connectivity index (χ3n) is 5.95. The van der Waals surface area contributed by atoms with E-state index in [0.717, 1.165) is 60.5 Å². The summed E-state index contributed by atoms with van der Waals surface area (Å²) >= 11 is 0. The van der Waals surface area contributed by atoms with Gasteiger partial charge >= 0.3 is 16.5 Å². The Hall–Kier alpha value is -2.91. The summed E-state index contributed by atoms with van der Waals surface area (Å²) in [6, 6.07) is 25.0. The van der Waals surface area contributed by atoms with E-state index in [-0.39, 0.29) is 16.5 Å². The number of benzene rings is 3. The Bertz CT molecular complexity index is 1080. The van der Waals surface area contributed by atoms with Gasteiger partial charge < -0.3 is 10.2 Å². The van der Waals surface area contributed by atoms with Crippen LogP contribution in [0.25, 0.3) is 0 Å². The second-order valence-corrected chi connectivity index (χ2v) is 9.23. The Morgan fingerprint density at radius 2 is 1.11 bits per heavy atom. The van der Waals surface area contributed by atoms with Crippen LogP contribution in [-0.4, -0.2) is 11.4 Å². The standard InChI is InChI=1S/C24H32N2.C9H12O2.Ni/c1-3-5-7-14-20-24(26-22-17-12-9-13-18-22)23(19-6-4-2)25-21-15-10-8-11-16-21;1-2-3-7-4-5-8(10)9(11)6-7;/h8-13,15-18H,3-7,14,19-20H2,1-2H3;4-6,10-11H,2-3H2,1H3;/q;;+2/p-2. The van der Waals surface area contributed by atoms with E-state index >= 15 is 0 Å². The molecule has 0 saturated heterocycles. The predicted octanol–water partition coefficient (Wildman–Crippen LogP) is 8.48. The minimum atomic E-state index is -0.412. The van der Waals surface area contributed by atoms with Gasteiger partial charge in [0.05, 0.1) is 22.8 Å². The van der Waals surface area contributed by atoms with Crippen LogP contribution in [0.1, 0.15) is 84.1 Å². The molecule has 3 rings (SSSR count). The molecule has 38 heavy (non-hydrogen) atoms. The maximum Gasteiger partial charge on any atom is 2.00 e. The molecule has 0 radical (unpaired) electrons. The van der Waals surface area contributed by atoms with Crippen molar-refractivity contribution in [2.75, 3.05) is 0 Å². The van der Waals surface area contributed by atoms with Crippen molar-refractivity contribution >= 4 is 22.8 Å². The Morgan fingerprint density at radius 3 is 1.58 bits per heavy atom. The van der Waals surface area contributed by atoms with Gasteiger partial charge in [-0.1, -0.05) is 107 Å². The number of nitrogens with zero attached hydrogens (tertiary/aromatic N) is 2. The van der Waals surface area contributed by atoms with Crippen molar-refractivity contribution < 1.29 is 26.7 Å². The summed E-state index contributed by atoms with van der Waals surface area (Å²) in [7, 11) is 0. The van der Waals surface area contributed by atoms with Gasteiger partial charge in [-0.2, -0.15) is 0 Å². The third-order valence-corrected chi connectivity index (χ3v) is 5.95. The van der Waals surface area contributed by atoms with E-state index in [9.17, 15) is 10.2 Å². The average Bonchev–Trinajstić information content (AvgIpc) is 2.92. The predicted molar refractivity (Wildman–Crippen MR) is 155 cm³/mol. The van der Waals surface area contributed by atoms with E-state index < -0.39 is 11.5 Å². The van der Waals surface area contributed by atoms with Crippen LogP contribution >= 0.6 is 0 Å². The molecule has 0 fully saturated rings. The van der Waals surface area contributed by atoms with E-state index in [2.05, 4.69) is 38.1 Å². The van der Waals surface area contributed by atoms with Crippen molar-refractivity contribution in [1.29, 1.82) is 0 Å². The maximum atomic E-state index is 10.8. The van der Waals surface area contributed by atoms with Crippen LogP contribution in [-0.2, 0) is 22.9 Å². The van der Waals surface area contributed by atoms with E-state index in [4.69, 9.17) is 9.98 Å².